The number of thioether (sulfide) groups is 1. The lowest BCUT2D eigenvalue weighted by Crippen LogP contribution is -2.19. The first-order valence-electron chi connectivity index (χ1n) is 5.12. The van der Waals surface area contributed by atoms with E-state index in [2.05, 4.69) is 39.5 Å². The summed E-state index contributed by atoms with van der Waals surface area (Å²) < 4.78 is 3.19. The van der Waals surface area contributed by atoms with Crippen LogP contribution in [0, 0.1) is 6.92 Å². The van der Waals surface area contributed by atoms with Crippen LogP contribution in [0.5, 0.6) is 0 Å². The van der Waals surface area contributed by atoms with Crippen LogP contribution < -0.4 is 5.32 Å². The van der Waals surface area contributed by atoms with Crippen LogP contribution in [0.2, 0.25) is 0 Å². The predicted octanol–water partition coefficient (Wildman–Crippen LogP) is 2.43. The second-order valence-electron chi connectivity index (χ2n) is 3.33. The van der Waals surface area contributed by atoms with Crippen LogP contribution in [0.4, 0.5) is 0 Å². The normalized spacial score (nSPS) is 10.9. The highest BCUT2D eigenvalue weighted by atomic mass is 79.9. The van der Waals surface area contributed by atoms with Crippen molar-refractivity contribution in [1.82, 2.24) is 15.1 Å². The van der Waals surface area contributed by atoms with E-state index in [1.165, 1.54) is 5.69 Å². The molecule has 0 aromatic carbocycles. The Bertz CT molecular complexity index is 312. The van der Waals surface area contributed by atoms with Crippen molar-refractivity contribution in [2.75, 3.05) is 18.6 Å². The fraction of sp³-hybridized carbons (Fsp3) is 0.700. The van der Waals surface area contributed by atoms with Crippen molar-refractivity contribution in [1.29, 1.82) is 0 Å². The molecule has 1 aromatic rings. The fourth-order valence-electron chi connectivity index (χ4n) is 1.42. The zero-order valence-corrected chi connectivity index (χ0v) is 11.9. The molecule has 86 valence electrons. The van der Waals surface area contributed by atoms with Crippen LogP contribution in [0.25, 0.3) is 0 Å². The van der Waals surface area contributed by atoms with Gasteiger partial charge < -0.3 is 5.32 Å². The van der Waals surface area contributed by atoms with E-state index >= 15 is 0 Å². The van der Waals surface area contributed by atoms with Gasteiger partial charge in [-0.3, -0.25) is 4.68 Å². The molecular weight excluding hydrogens is 274 g/mol. The highest BCUT2D eigenvalue weighted by Crippen LogP contribution is 2.20. The Morgan fingerprint density at radius 1 is 1.53 bits per heavy atom. The van der Waals surface area contributed by atoms with Crippen molar-refractivity contribution < 1.29 is 0 Å². The van der Waals surface area contributed by atoms with Crippen LogP contribution in [0.15, 0.2) is 4.47 Å². The Morgan fingerprint density at radius 3 is 2.87 bits per heavy atom. The molecule has 3 nitrogen and oxygen atoms in total. The number of hydrogen-bond acceptors (Lipinski definition) is 3. The number of hydrogen-bond donors (Lipinski definition) is 1. The second kappa shape index (κ2) is 6.55. The molecule has 5 heteroatoms. The summed E-state index contributed by atoms with van der Waals surface area (Å²) in [6.07, 6.45) is 2.12. The molecule has 0 amide bonds. The number of aromatic nitrogens is 2. The van der Waals surface area contributed by atoms with Gasteiger partial charge in [-0.2, -0.15) is 16.9 Å². The maximum Gasteiger partial charge on any atom is 0.0739 e. The van der Waals surface area contributed by atoms with Crippen molar-refractivity contribution in [3.05, 3.63) is 15.9 Å². The average Bonchev–Trinajstić information content (AvgIpc) is 2.51. The lowest BCUT2D eigenvalue weighted by Gasteiger charge is -2.06. The van der Waals surface area contributed by atoms with Gasteiger partial charge in [0.25, 0.3) is 0 Å². The highest BCUT2D eigenvalue weighted by Gasteiger charge is 2.10. The monoisotopic (exact) mass is 291 g/mol. The maximum absolute atomic E-state index is 4.45. The third-order valence-corrected chi connectivity index (χ3v) is 3.87. The summed E-state index contributed by atoms with van der Waals surface area (Å²) in [4.78, 5) is 0. The second-order valence-corrected chi connectivity index (χ2v) is 5.11. The summed E-state index contributed by atoms with van der Waals surface area (Å²) in [5, 5.41) is 7.87. The number of rotatable bonds is 6. The molecule has 0 atom stereocenters. The zero-order chi connectivity index (χ0) is 11.3. The van der Waals surface area contributed by atoms with E-state index in [9.17, 15) is 0 Å². The number of nitrogens with one attached hydrogen (secondary N) is 1. The van der Waals surface area contributed by atoms with Crippen molar-refractivity contribution in [3.8, 4) is 0 Å². The molecule has 0 aliphatic rings. The summed E-state index contributed by atoms with van der Waals surface area (Å²) in [6, 6.07) is 0. The molecule has 1 N–H and O–H groups in total. The third-order valence-electron chi connectivity index (χ3n) is 2.23. The molecule has 0 saturated carbocycles. The summed E-state index contributed by atoms with van der Waals surface area (Å²) in [5.41, 5.74) is 2.31. The lowest BCUT2D eigenvalue weighted by molar-refractivity contribution is 0.587. The topological polar surface area (TPSA) is 29.9 Å². The van der Waals surface area contributed by atoms with Crippen molar-refractivity contribution in [3.63, 3.8) is 0 Å². The number of halogens is 1. The van der Waals surface area contributed by atoms with Crippen molar-refractivity contribution in [2.24, 2.45) is 0 Å². The maximum atomic E-state index is 4.45. The molecule has 0 spiro atoms. The van der Waals surface area contributed by atoms with Gasteiger partial charge in [-0.15, -0.1) is 0 Å². The molecule has 0 aliphatic heterocycles. The first kappa shape index (κ1) is 13.1. The van der Waals surface area contributed by atoms with E-state index < -0.39 is 0 Å². The molecule has 1 aromatic heterocycles. The van der Waals surface area contributed by atoms with E-state index in [-0.39, 0.29) is 0 Å². The molecule has 0 radical (unpaired) electrons. The Balaban J connectivity index is 2.58. The summed E-state index contributed by atoms with van der Waals surface area (Å²) in [7, 11) is 0. The molecule has 1 heterocycles. The molecule has 0 bridgehead atoms. The Morgan fingerprint density at radius 2 is 2.27 bits per heavy atom. The molecule has 15 heavy (non-hydrogen) atoms. The van der Waals surface area contributed by atoms with Gasteiger partial charge >= 0.3 is 0 Å². The van der Waals surface area contributed by atoms with Gasteiger partial charge in [0.2, 0.25) is 0 Å². The largest absolute Gasteiger partial charge is 0.310 e. The zero-order valence-electron chi connectivity index (χ0n) is 9.51. The third kappa shape index (κ3) is 3.50. The van der Waals surface area contributed by atoms with Gasteiger partial charge in [0.1, 0.15) is 0 Å². The van der Waals surface area contributed by atoms with Crippen molar-refractivity contribution >= 4 is 27.7 Å². The summed E-state index contributed by atoms with van der Waals surface area (Å²) in [5.74, 6) is 1.15. The van der Waals surface area contributed by atoms with Gasteiger partial charge in [-0.05, 0) is 36.0 Å². The molecule has 0 fully saturated rings. The minimum Gasteiger partial charge on any atom is -0.310 e. The molecule has 0 saturated heterocycles. The van der Waals surface area contributed by atoms with Crippen LogP contribution >= 0.6 is 27.7 Å². The van der Waals surface area contributed by atoms with Gasteiger partial charge in [-0.1, -0.05) is 0 Å². The SMILES string of the molecule is CCn1nc(C)c(Br)c1CNCCSC. The number of aryl methyl sites for hydroxylation is 2. The fourth-order valence-corrected chi connectivity index (χ4v) is 2.19. The Labute approximate surface area is 104 Å². The van der Waals surface area contributed by atoms with Crippen LogP contribution in [-0.2, 0) is 13.1 Å². The Kier molecular flexibility index (Phi) is 5.71. The van der Waals surface area contributed by atoms with Gasteiger partial charge in [0.15, 0.2) is 0 Å². The molecule has 0 aliphatic carbocycles. The average molecular weight is 292 g/mol. The smallest absolute Gasteiger partial charge is 0.0739 e. The van der Waals surface area contributed by atoms with Crippen LogP contribution in [0.3, 0.4) is 0 Å². The number of nitrogens with zero attached hydrogens (tertiary/aromatic N) is 2. The lowest BCUT2D eigenvalue weighted by atomic mass is 10.3. The van der Waals surface area contributed by atoms with E-state index in [1.807, 2.05) is 23.4 Å². The minimum absolute atomic E-state index is 0.885. The molecule has 1 rings (SSSR count). The summed E-state index contributed by atoms with van der Waals surface area (Å²) >= 11 is 5.44. The van der Waals surface area contributed by atoms with E-state index in [1.54, 1.807) is 0 Å². The Hall–Kier alpha value is -0.0000000000000000555. The molecule has 0 unspecified atom stereocenters. The molecular formula is C10H18BrN3S. The quantitative estimate of drug-likeness (QED) is 0.817. The van der Waals surface area contributed by atoms with E-state index in [4.69, 9.17) is 0 Å². The minimum atomic E-state index is 0.885. The van der Waals surface area contributed by atoms with Gasteiger partial charge in [0.05, 0.1) is 15.9 Å². The predicted molar refractivity (Wildman–Crippen MR) is 70.4 cm³/mol. The first-order chi connectivity index (χ1) is 7.20. The van der Waals surface area contributed by atoms with E-state index in [0.717, 1.165) is 35.6 Å². The van der Waals surface area contributed by atoms with Gasteiger partial charge in [0, 0.05) is 25.4 Å². The standard InChI is InChI=1S/C10H18BrN3S/c1-4-14-9(7-12-5-6-15-3)10(11)8(2)13-14/h12H,4-7H2,1-3H3. The summed E-state index contributed by atoms with van der Waals surface area (Å²) in [6.45, 7) is 7.00. The first-order valence-corrected chi connectivity index (χ1v) is 7.30. The van der Waals surface area contributed by atoms with Crippen LogP contribution in [-0.4, -0.2) is 28.3 Å². The van der Waals surface area contributed by atoms with Crippen LogP contribution in [0.1, 0.15) is 18.3 Å². The van der Waals surface area contributed by atoms with Crippen molar-refractivity contribution in [2.45, 2.75) is 26.9 Å². The van der Waals surface area contributed by atoms with E-state index in [0.29, 0.717) is 0 Å². The highest BCUT2D eigenvalue weighted by molar-refractivity contribution is 9.10. The van der Waals surface area contributed by atoms with Gasteiger partial charge in [-0.25, -0.2) is 0 Å².